The number of aliphatic hydroxyl groups is 2. The molecule has 0 spiro atoms. The SMILES string of the molecule is C#CC1(O)C(O)C(COP(=O)(NCC(=O)OC(C)C)Oc2ccc(Cl)cc2)OC1n1ccc(=O)[nH]c1=O. The van der Waals surface area contributed by atoms with Gasteiger partial charge in [0, 0.05) is 17.3 Å². The first-order valence-corrected chi connectivity index (χ1v) is 12.8. The van der Waals surface area contributed by atoms with E-state index in [2.05, 4.69) is 5.09 Å². The molecule has 2 heterocycles. The van der Waals surface area contributed by atoms with Gasteiger partial charge in [0.1, 0.15) is 24.5 Å². The van der Waals surface area contributed by atoms with Crippen molar-refractivity contribution in [3.63, 3.8) is 0 Å². The number of aromatic nitrogens is 2. The Morgan fingerprint density at radius 1 is 1.35 bits per heavy atom. The van der Waals surface area contributed by atoms with Crippen LogP contribution >= 0.6 is 19.3 Å². The zero-order valence-corrected chi connectivity index (χ0v) is 21.3. The summed E-state index contributed by atoms with van der Waals surface area (Å²) in [6.45, 7) is 2.04. The second-order valence-electron chi connectivity index (χ2n) is 8.17. The lowest BCUT2D eigenvalue weighted by molar-refractivity contribution is -0.146. The highest BCUT2D eigenvalue weighted by Gasteiger charge is 2.56. The first kappa shape index (κ1) is 28.6. The van der Waals surface area contributed by atoms with Crippen LogP contribution in [0.1, 0.15) is 20.1 Å². The van der Waals surface area contributed by atoms with Crippen LogP contribution in [0.5, 0.6) is 5.75 Å². The first-order chi connectivity index (χ1) is 17.4. The summed E-state index contributed by atoms with van der Waals surface area (Å²) in [6.07, 6.45) is 1.15. The molecule has 5 unspecified atom stereocenters. The van der Waals surface area contributed by atoms with Gasteiger partial charge < -0.3 is 24.2 Å². The maximum Gasteiger partial charge on any atom is 0.459 e. The number of aliphatic hydroxyl groups excluding tert-OH is 1. The Balaban J connectivity index is 1.81. The van der Waals surface area contributed by atoms with Crippen molar-refractivity contribution in [1.82, 2.24) is 14.6 Å². The molecule has 13 nitrogen and oxygen atoms in total. The zero-order valence-electron chi connectivity index (χ0n) is 19.7. The quantitative estimate of drug-likeness (QED) is 0.182. The number of ether oxygens (including phenoxy) is 2. The molecular formula is C22H25ClN3O10P. The Morgan fingerprint density at radius 2 is 2.03 bits per heavy atom. The predicted octanol–water partition coefficient (Wildman–Crippen LogP) is 0.558. The lowest BCUT2D eigenvalue weighted by Crippen LogP contribution is -2.48. The fraction of sp³-hybridized carbons (Fsp3) is 0.409. The van der Waals surface area contributed by atoms with Crippen molar-refractivity contribution in [2.75, 3.05) is 13.2 Å². The summed E-state index contributed by atoms with van der Waals surface area (Å²) >= 11 is 5.86. The third-order valence-corrected chi connectivity index (χ3v) is 6.79. The summed E-state index contributed by atoms with van der Waals surface area (Å²) in [5.74, 6) is 1.33. The molecule has 0 amide bonds. The maximum atomic E-state index is 13.5. The normalized spacial score (nSPS) is 24.8. The highest BCUT2D eigenvalue weighted by atomic mass is 35.5. The molecule has 3 rings (SSSR count). The maximum absolute atomic E-state index is 13.5. The molecule has 1 saturated heterocycles. The minimum absolute atomic E-state index is 0.0724. The number of nitrogens with zero attached hydrogens (tertiary/aromatic N) is 1. The fourth-order valence-corrected chi connectivity index (χ4v) is 4.73. The van der Waals surface area contributed by atoms with E-state index in [1.54, 1.807) is 13.8 Å². The van der Waals surface area contributed by atoms with E-state index in [1.165, 1.54) is 24.3 Å². The Hall–Kier alpha value is -2.95. The third-order valence-electron chi connectivity index (χ3n) is 5.05. The van der Waals surface area contributed by atoms with E-state index < -0.39 is 68.3 Å². The van der Waals surface area contributed by atoms with Crippen molar-refractivity contribution >= 4 is 25.3 Å². The number of carbonyl (C=O) groups excluding carboxylic acids is 1. The number of hydrogen-bond donors (Lipinski definition) is 4. The number of terminal acetylenes is 1. The number of benzene rings is 1. The van der Waals surface area contributed by atoms with Crippen LogP contribution in [-0.4, -0.2) is 62.8 Å². The van der Waals surface area contributed by atoms with E-state index in [0.717, 1.165) is 16.8 Å². The summed E-state index contributed by atoms with van der Waals surface area (Å²) in [6, 6.07) is 6.74. The molecule has 1 aliphatic rings. The molecule has 1 fully saturated rings. The van der Waals surface area contributed by atoms with Crippen LogP contribution in [0.25, 0.3) is 0 Å². The fourth-order valence-electron chi connectivity index (χ4n) is 3.33. The van der Waals surface area contributed by atoms with Crippen molar-refractivity contribution in [3.8, 4) is 18.1 Å². The van der Waals surface area contributed by atoms with Gasteiger partial charge in [-0.3, -0.25) is 23.7 Å². The molecule has 5 atom stereocenters. The van der Waals surface area contributed by atoms with Crippen LogP contribution in [0.2, 0.25) is 5.02 Å². The number of nitrogens with one attached hydrogen (secondary N) is 2. The van der Waals surface area contributed by atoms with Crippen LogP contribution in [0, 0.1) is 12.3 Å². The van der Waals surface area contributed by atoms with Gasteiger partial charge in [-0.1, -0.05) is 17.5 Å². The smallest absolute Gasteiger partial charge is 0.459 e. The molecule has 1 aromatic heterocycles. The average Bonchev–Trinajstić information content (AvgIpc) is 3.08. The van der Waals surface area contributed by atoms with E-state index in [9.17, 15) is 29.2 Å². The van der Waals surface area contributed by atoms with Crippen molar-refractivity contribution < 1.29 is 38.1 Å². The van der Waals surface area contributed by atoms with Crippen molar-refractivity contribution in [1.29, 1.82) is 0 Å². The average molecular weight is 558 g/mol. The molecular weight excluding hydrogens is 533 g/mol. The molecule has 0 aliphatic carbocycles. The molecule has 15 heteroatoms. The Kier molecular flexibility index (Phi) is 8.99. The summed E-state index contributed by atoms with van der Waals surface area (Å²) < 4.78 is 35.7. The van der Waals surface area contributed by atoms with Gasteiger partial charge in [0.2, 0.25) is 0 Å². The first-order valence-electron chi connectivity index (χ1n) is 10.9. The Morgan fingerprint density at radius 3 is 2.62 bits per heavy atom. The molecule has 4 N–H and O–H groups in total. The molecule has 0 bridgehead atoms. The molecule has 200 valence electrons. The van der Waals surface area contributed by atoms with Gasteiger partial charge in [0.15, 0.2) is 11.8 Å². The summed E-state index contributed by atoms with van der Waals surface area (Å²) in [4.78, 5) is 37.6. The standard InChI is InChI=1S/C22H25ClN3O10P/c1-4-22(31)19(29)16(35-20(22)26-10-9-17(27)25-21(26)30)12-33-37(32,24-11-18(28)34-13(2)3)36-15-7-5-14(23)6-8-15/h1,5-10,13,16,19-20,29,31H,11-12H2,2-3H3,(H,24,32)(H,25,27,30). The number of H-pyrrole nitrogens is 1. The zero-order chi connectivity index (χ0) is 27.4. The van der Waals surface area contributed by atoms with Gasteiger partial charge in [-0.15, -0.1) is 6.42 Å². The van der Waals surface area contributed by atoms with Gasteiger partial charge in [0.25, 0.3) is 5.56 Å². The second-order valence-corrected chi connectivity index (χ2v) is 10.4. The van der Waals surface area contributed by atoms with Gasteiger partial charge >= 0.3 is 19.4 Å². The lowest BCUT2D eigenvalue weighted by Gasteiger charge is -2.26. The van der Waals surface area contributed by atoms with Crippen LogP contribution in [0.4, 0.5) is 0 Å². The summed E-state index contributed by atoms with van der Waals surface area (Å²) in [7, 11) is -4.33. The Bertz CT molecular complexity index is 1320. The number of rotatable bonds is 10. The molecule has 0 radical (unpaired) electrons. The predicted molar refractivity (Wildman–Crippen MR) is 130 cm³/mol. The number of aromatic amines is 1. The minimum Gasteiger partial charge on any atom is -0.462 e. The Labute approximate surface area is 215 Å². The van der Waals surface area contributed by atoms with Gasteiger partial charge in [-0.25, -0.2) is 14.4 Å². The minimum atomic E-state index is -4.33. The van der Waals surface area contributed by atoms with Gasteiger partial charge in [-0.2, -0.15) is 0 Å². The van der Waals surface area contributed by atoms with E-state index >= 15 is 0 Å². The van der Waals surface area contributed by atoms with Crippen LogP contribution in [0.15, 0.2) is 46.1 Å². The highest BCUT2D eigenvalue weighted by molar-refractivity contribution is 7.52. The van der Waals surface area contributed by atoms with E-state index in [-0.39, 0.29) is 5.75 Å². The van der Waals surface area contributed by atoms with E-state index in [0.29, 0.717) is 5.02 Å². The van der Waals surface area contributed by atoms with Crippen molar-refractivity contribution in [2.24, 2.45) is 0 Å². The van der Waals surface area contributed by atoms with Crippen LogP contribution in [0.3, 0.4) is 0 Å². The molecule has 37 heavy (non-hydrogen) atoms. The van der Waals surface area contributed by atoms with Gasteiger partial charge in [-0.05, 0) is 38.1 Å². The molecule has 2 aromatic rings. The van der Waals surface area contributed by atoms with Crippen molar-refractivity contribution in [2.45, 2.75) is 44.0 Å². The number of hydrogen-bond acceptors (Lipinski definition) is 10. The summed E-state index contributed by atoms with van der Waals surface area (Å²) in [5, 5.41) is 24.3. The summed E-state index contributed by atoms with van der Waals surface area (Å²) in [5.41, 5.74) is -4.08. The number of carbonyl (C=O) groups is 1. The van der Waals surface area contributed by atoms with Crippen LogP contribution in [-0.2, 0) is 23.4 Å². The second kappa shape index (κ2) is 11.6. The van der Waals surface area contributed by atoms with Gasteiger partial charge in [0.05, 0.1) is 12.7 Å². The van der Waals surface area contributed by atoms with E-state index in [4.69, 9.17) is 36.5 Å². The monoisotopic (exact) mass is 557 g/mol. The largest absolute Gasteiger partial charge is 0.462 e. The molecule has 0 saturated carbocycles. The van der Waals surface area contributed by atoms with E-state index in [1.807, 2.05) is 10.9 Å². The molecule has 1 aliphatic heterocycles. The lowest BCUT2D eigenvalue weighted by atomic mass is 9.95. The van der Waals surface area contributed by atoms with Crippen LogP contribution < -0.4 is 20.9 Å². The third kappa shape index (κ3) is 6.88. The van der Waals surface area contributed by atoms with Crippen molar-refractivity contribution in [3.05, 3.63) is 62.4 Å². The molecule has 1 aromatic carbocycles. The highest BCUT2D eigenvalue weighted by Crippen LogP contribution is 2.46. The topological polar surface area (TPSA) is 178 Å². The number of esters is 1. The number of halogens is 1.